The summed E-state index contributed by atoms with van der Waals surface area (Å²) in [5, 5.41) is 4.69. The van der Waals surface area contributed by atoms with Gasteiger partial charge in [-0.05, 0) is 33.1 Å². The molecule has 2 heterocycles. The first kappa shape index (κ1) is 12.4. The summed E-state index contributed by atoms with van der Waals surface area (Å²) in [4.78, 5) is 14.2. The normalized spacial score (nSPS) is 20.7. The van der Waals surface area contributed by atoms with E-state index in [9.17, 15) is 4.79 Å². The summed E-state index contributed by atoms with van der Waals surface area (Å²) in [6.45, 7) is 4.76. The monoisotopic (exact) mass is 255 g/mol. The maximum atomic E-state index is 12.4. The van der Waals surface area contributed by atoms with E-state index in [1.54, 1.807) is 11.7 Å². The van der Waals surface area contributed by atoms with Gasteiger partial charge in [0.1, 0.15) is 0 Å². The Bertz CT molecular complexity index is 441. The van der Waals surface area contributed by atoms with Gasteiger partial charge in [-0.25, -0.2) is 0 Å². The van der Waals surface area contributed by atoms with E-state index in [2.05, 4.69) is 12.0 Å². The minimum Gasteiger partial charge on any atom is -0.335 e. The van der Waals surface area contributed by atoms with E-state index in [0.29, 0.717) is 10.7 Å². The van der Waals surface area contributed by atoms with Gasteiger partial charge in [-0.3, -0.25) is 9.48 Å². The van der Waals surface area contributed by atoms with E-state index in [-0.39, 0.29) is 11.9 Å². The molecule has 4 nitrogen and oxygen atoms in total. The lowest BCUT2D eigenvalue weighted by molar-refractivity contribution is 0.0629. The van der Waals surface area contributed by atoms with Gasteiger partial charge < -0.3 is 4.90 Å². The molecule has 0 radical (unpaired) electrons. The summed E-state index contributed by atoms with van der Waals surface area (Å²) in [5.74, 6) is -0.0362. The molecule has 5 heteroatoms. The zero-order chi connectivity index (χ0) is 12.6. The Morgan fingerprint density at radius 3 is 2.71 bits per heavy atom. The Labute approximate surface area is 107 Å². The van der Waals surface area contributed by atoms with Gasteiger partial charge in [-0.2, -0.15) is 5.10 Å². The van der Waals surface area contributed by atoms with Crippen LogP contribution in [0.1, 0.15) is 42.4 Å². The highest BCUT2D eigenvalue weighted by Gasteiger charge is 2.28. The van der Waals surface area contributed by atoms with Crippen molar-refractivity contribution in [2.45, 2.75) is 39.2 Å². The quantitative estimate of drug-likeness (QED) is 0.773. The van der Waals surface area contributed by atoms with Gasteiger partial charge in [-0.1, -0.05) is 11.6 Å². The summed E-state index contributed by atoms with van der Waals surface area (Å²) >= 11 is 6.15. The lowest BCUT2D eigenvalue weighted by Crippen LogP contribution is -2.42. The van der Waals surface area contributed by atoms with Crippen molar-refractivity contribution in [1.82, 2.24) is 14.7 Å². The van der Waals surface area contributed by atoms with Crippen LogP contribution in [0.4, 0.5) is 0 Å². The number of nitrogens with zero attached hydrogens (tertiary/aromatic N) is 3. The van der Waals surface area contributed by atoms with Crippen molar-refractivity contribution in [3.05, 3.63) is 16.4 Å². The average Bonchev–Trinajstić information content (AvgIpc) is 2.57. The topological polar surface area (TPSA) is 38.1 Å². The second-order valence-corrected chi connectivity index (χ2v) is 5.09. The smallest absolute Gasteiger partial charge is 0.276 e. The van der Waals surface area contributed by atoms with Crippen LogP contribution in [-0.2, 0) is 7.05 Å². The maximum Gasteiger partial charge on any atom is 0.276 e. The molecule has 0 unspecified atom stereocenters. The van der Waals surface area contributed by atoms with Crippen molar-refractivity contribution in [2.24, 2.45) is 7.05 Å². The first-order valence-electron chi connectivity index (χ1n) is 6.02. The van der Waals surface area contributed by atoms with Crippen LogP contribution in [0.25, 0.3) is 0 Å². The molecule has 1 amide bonds. The molecule has 1 aliphatic rings. The number of hydrogen-bond acceptors (Lipinski definition) is 2. The number of carbonyl (C=O) groups is 1. The third-order valence-corrected chi connectivity index (χ3v) is 3.98. The molecule has 0 saturated carbocycles. The van der Waals surface area contributed by atoms with Crippen molar-refractivity contribution >= 4 is 17.5 Å². The molecular weight excluding hydrogens is 238 g/mol. The van der Waals surface area contributed by atoms with Gasteiger partial charge in [0.25, 0.3) is 5.91 Å². The number of aromatic nitrogens is 2. The Balaban J connectivity index is 2.27. The molecule has 1 aromatic heterocycles. The van der Waals surface area contributed by atoms with Crippen LogP contribution in [-0.4, -0.2) is 33.2 Å². The Morgan fingerprint density at radius 1 is 1.47 bits per heavy atom. The molecule has 1 fully saturated rings. The number of carbonyl (C=O) groups excluding carboxylic acids is 1. The zero-order valence-corrected chi connectivity index (χ0v) is 11.3. The highest BCUT2D eigenvalue weighted by atomic mass is 35.5. The fraction of sp³-hybridized carbons (Fsp3) is 0.667. The van der Waals surface area contributed by atoms with Gasteiger partial charge in [0.15, 0.2) is 5.69 Å². The van der Waals surface area contributed by atoms with Gasteiger partial charge in [0.2, 0.25) is 0 Å². The van der Waals surface area contributed by atoms with Gasteiger partial charge >= 0.3 is 0 Å². The molecule has 94 valence electrons. The van der Waals surface area contributed by atoms with Gasteiger partial charge in [-0.15, -0.1) is 0 Å². The summed E-state index contributed by atoms with van der Waals surface area (Å²) in [6, 6.07) is 0.287. The third-order valence-electron chi connectivity index (χ3n) is 3.53. The van der Waals surface area contributed by atoms with E-state index in [1.807, 2.05) is 11.8 Å². The summed E-state index contributed by atoms with van der Waals surface area (Å²) in [6.07, 6.45) is 3.33. The fourth-order valence-electron chi connectivity index (χ4n) is 2.25. The molecule has 1 aromatic rings. The van der Waals surface area contributed by atoms with Crippen LogP contribution in [0.2, 0.25) is 5.02 Å². The molecule has 0 N–H and O–H groups in total. The van der Waals surface area contributed by atoms with Crippen LogP contribution in [0.3, 0.4) is 0 Å². The SMILES string of the molecule is Cc1c(Cl)c(C(=O)N2CCCC[C@H]2C)nn1C. The van der Waals surface area contributed by atoms with Crippen molar-refractivity contribution in [3.8, 4) is 0 Å². The predicted molar refractivity (Wildman–Crippen MR) is 67.3 cm³/mol. The van der Waals surface area contributed by atoms with E-state index < -0.39 is 0 Å². The Kier molecular flexibility index (Phi) is 3.43. The largest absolute Gasteiger partial charge is 0.335 e. The first-order chi connectivity index (χ1) is 8.02. The highest BCUT2D eigenvalue weighted by Crippen LogP contribution is 2.24. The zero-order valence-electron chi connectivity index (χ0n) is 10.5. The number of amides is 1. The van der Waals surface area contributed by atoms with Crippen LogP contribution in [0.5, 0.6) is 0 Å². The van der Waals surface area contributed by atoms with Gasteiger partial charge in [0.05, 0.1) is 10.7 Å². The summed E-state index contributed by atoms with van der Waals surface area (Å²) < 4.78 is 1.66. The highest BCUT2D eigenvalue weighted by molar-refractivity contribution is 6.34. The Hall–Kier alpha value is -1.03. The Morgan fingerprint density at radius 2 is 2.18 bits per heavy atom. The minimum atomic E-state index is -0.0362. The minimum absolute atomic E-state index is 0.0362. The lowest BCUT2D eigenvalue weighted by Gasteiger charge is -2.32. The number of likely N-dealkylation sites (tertiary alicyclic amines) is 1. The molecule has 0 aliphatic carbocycles. The molecular formula is C12H18ClN3O. The van der Waals surface area contributed by atoms with E-state index >= 15 is 0 Å². The van der Waals surface area contributed by atoms with Crippen LogP contribution >= 0.6 is 11.6 Å². The van der Waals surface area contributed by atoms with Crippen LogP contribution < -0.4 is 0 Å². The summed E-state index contributed by atoms with van der Waals surface area (Å²) in [5.41, 5.74) is 1.22. The molecule has 1 atom stereocenters. The molecule has 0 bridgehead atoms. The predicted octanol–water partition coefficient (Wildman–Crippen LogP) is 2.40. The molecule has 0 aromatic carbocycles. The first-order valence-corrected chi connectivity index (χ1v) is 6.40. The molecule has 2 rings (SSSR count). The fourth-order valence-corrected chi connectivity index (χ4v) is 2.50. The number of piperidine rings is 1. The van der Waals surface area contributed by atoms with Gasteiger partial charge in [0, 0.05) is 19.6 Å². The third kappa shape index (κ3) is 2.18. The molecule has 0 spiro atoms. The van der Waals surface area contributed by atoms with Crippen molar-refractivity contribution in [2.75, 3.05) is 6.54 Å². The van der Waals surface area contributed by atoms with Crippen molar-refractivity contribution in [3.63, 3.8) is 0 Å². The second kappa shape index (κ2) is 4.69. The molecule has 1 saturated heterocycles. The lowest BCUT2D eigenvalue weighted by atomic mass is 10.0. The summed E-state index contributed by atoms with van der Waals surface area (Å²) in [7, 11) is 1.80. The average molecular weight is 256 g/mol. The van der Waals surface area contributed by atoms with Crippen LogP contribution in [0, 0.1) is 6.92 Å². The van der Waals surface area contributed by atoms with E-state index in [4.69, 9.17) is 11.6 Å². The molecule has 17 heavy (non-hydrogen) atoms. The van der Waals surface area contributed by atoms with E-state index in [0.717, 1.165) is 25.1 Å². The van der Waals surface area contributed by atoms with Crippen LogP contribution in [0.15, 0.2) is 0 Å². The number of rotatable bonds is 1. The number of hydrogen-bond donors (Lipinski definition) is 0. The second-order valence-electron chi connectivity index (χ2n) is 4.71. The number of halogens is 1. The van der Waals surface area contributed by atoms with Crippen molar-refractivity contribution < 1.29 is 4.79 Å². The van der Waals surface area contributed by atoms with Crippen molar-refractivity contribution in [1.29, 1.82) is 0 Å². The maximum absolute atomic E-state index is 12.4. The standard InChI is InChI=1S/C12H18ClN3O/c1-8-6-4-5-7-16(8)12(17)11-10(13)9(2)15(3)14-11/h8H,4-7H2,1-3H3/t8-/m1/s1. The number of aryl methyl sites for hydroxylation is 1. The van der Waals surface area contributed by atoms with E-state index in [1.165, 1.54) is 6.42 Å². The molecule has 1 aliphatic heterocycles.